The molecule has 0 bridgehead atoms. The van der Waals surface area contributed by atoms with Crippen LogP contribution in [0.5, 0.6) is 0 Å². The Bertz CT molecular complexity index is 1200. The average Bonchev–Trinajstić information content (AvgIpc) is 3.17. The Morgan fingerprint density at radius 2 is 2.00 bits per heavy atom. The van der Waals surface area contributed by atoms with Crippen LogP contribution in [0.3, 0.4) is 0 Å². The van der Waals surface area contributed by atoms with Crippen molar-refractivity contribution in [1.29, 1.82) is 5.26 Å². The second-order valence-corrected chi connectivity index (χ2v) is 5.28. The summed E-state index contributed by atoms with van der Waals surface area (Å²) in [5.41, 5.74) is 2.24. The smallest absolute Gasteiger partial charge is 0.216 e. The number of para-hydroxylation sites is 2. The average molecular weight is 329 g/mol. The topological polar surface area (TPSA) is 123 Å². The molecule has 25 heavy (non-hydrogen) atoms. The van der Waals surface area contributed by atoms with Crippen LogP contribution in [0.2, 0.25) is 0 Å². The molecule has 0 atom stereocenters. The molecule has 8 nitrogen and oxygen atoms in total. The highest BCUT2D eigenvalue weighted by molar-refractivity contribution is 5.98. The molecule has 0 aliphatic heterocycles. The Balaban J connectivity index is 1.86. The van der Waals surface area contributed by atoms with Gasteiger partial charge in [-0.1, -0.05) is 18.2 Å². The number of tetrazole rings is 1. The third-order valence-corrected chi connectivity index (χ3v) is 3.82. The van der Waals surface area contributed by atoms with Crippen LogP contribution in [0.25, 0.3) is 27.4 Å². The lowest BCUT2D eigenvalue weighted by Crippen LogP contribution is -2.05. The van der Waals surface area contributed by atoms with Crippen LogP contribution < -0.4 is 10.7 Å². The predicted molar refractivity (Wildman–Crippen MR) is 93.5 cm³/mol. The van der Waals surface area contributed by atoms with Crippen LogP contribution in [0, 0.1) is 11.3 Å². The molecule has 0 amide bonds. The van der Waals surface area contributed by atoms with Crippen molar-refractivity contribution in [2.24, 2.45) is 0 Å². The van der Waals surface area contributed by atoms with E-state index in [1.807, 2.05) is 30.3 Å². The molecule has 0 aliphatic carbocycles. The Morgan fingerprint density at radius 3 is 2.80 bits per heavy atom. The zero-order valence-electron chi connectivity index (χ0n) is 12.8. The van der Waals surface area contributed by atoms with Gasteiger partial charge in [0.2, 0.25) is 5.82 Å². The van der Waals surface area contributed by atoms with E-state index in [9.17, 15) is 10.1 Å². The monoisotopic (exact) mass is 329 g/mol. The number of allylic oxidation sites excluding steroid dienone is 1. The summed E-state index contributed by atoms with van der Waals surface area (Å²) in [6, 6.07) is 14.7. The van der Waals surface area contributed by atoms with Crippen molar-refractivity contribution in [1.82, 2.24) is 25.6 Å². The minimum atomic E-state index is -0.0457. The number of aromatic nitrogens is 5. The minimum Gasteiger partial charge on any atom is -0.359 e. The Morgan fingerprint density at radius 1 is 1.16 bits per heavy atom. The maximum absolute atomic E-state index is 12.7. The highest BCUT2D eigenvalue weighted by Crippen LogP contribution is 2.22. The van der Waals surface area contributed by atoms with Crippen molar-refractivity contribution < 1.29 is 0 Å². The quantitative estimate of drug-likeness (QED) is 0.391. The Hall–Kier alpha value is -3.99. The first-order valence-electron chi connectivity index (χ1n) is 7.42. The SMILES string of the molecule is N#CC(=CNc1cccc2c(=O)c3ccccc3[nH]c12)c1nn[nH]n1. The molecule has 2 aromatic heterocycles. The highest BCUT2D eigenvalue weighted by Gasteiger charge is 2.09. The number of hydrogen-bond donors (Lipinski definition) is 3. The number of nitrogens with zero attached hydrogens (tertiary/aromatic N) is 4. The first kappa shape index (κ1) is 14.6. The number of H-pyrrole nitrogens is 2. The number of rotatable bonds is 3. The van der Waals surface area contributed by atoms with Gasteiger partial charge in [0.1, 0.15) is 11.6 Å². The van der Waals surface area contributed by atoms with Gasteiger partial charge < -0.3 is 10.3 Å². The summed E-state index contributed by atoms with van der Waals surface area (Å²) in [6.07, 6.45) is 1.48. The van der Waals surface area contributed by atoms with Crippen molar-refractivity contribution in [3.05, 3.63) is 64.7 Å². The van der Waals surface area contributed by atoms with E-state index >= 15 is 0 Å². The summed E-state index contributed by atoms with van der Waals surface area (Å²) in [6.45, 7) is 0. The second kappa shape index (κ2) is 5.90. The summed E-state index contributed by atoms with van der Waals surface area (Å²) in [7, 11) is 0. The maximum Gasteiger partial charge on any atom is 0.216 e. The lowest BCUT2D eigenvalue weighted by molar-refractivity contribution is 0.881. The van der Waals surface area contributed by atoms with Crippen molar-refractivity contribution >= 4 is 33.1 Å². The fraction of sp³-hybridized carbons (Fsp3) is 0. The van der Waals surface area contributed by atoms with Crippen molar-refractivity contribution in [2.75, 3.05) is 5.32 Å². The van der Waals surface area contributed by atoms with Crippen LogP contribution >= 0.6 is 0 Å². The van der Waals surface area contributed by atoms with E-state index in [-0.39, 0.29) is 16.8 Å². The van der Waals surface area contributed by atoms with Crippen LogP contribution in [0.4, 0.5) is 5.69 Å². The van der Waals surface area contributed by atoms with Gasteiger partial charge in [0.25, 0.3) is 0 Å². The minimum absolute atomic E-state index is 0.0457. The van der Waals surface area contributed by atoms with Gasteiger partial charge in [0.05, 0.1) is 11.2 Å². The number of aromatic amines is 2. The molecule has 0 saturated heterocycles. The molecule has 2 heterocycles. The van der Waals surface area contributed by atoms with Crippen molar-refractivity contribution in [3.63, 3.8) is 0 Å². The van der Waals surface area contributed by atoms with Crippen LogP contribution in [0.15, 0.2) is 53.5 Å². The summed E-state index contributed by atoms with van der Waals surface area (Å²) < 4.78 is 0. The normalized spacial score (nSPS) is 11.6. The third-order valence-electron chi connectivity index (χ3n) is 3.82. The lowest BCUT2D eigenvalue weighted by Gasteiger charge is -2.08. The fourth-order valence-corrected chi connectivity index (χ4v) is 2.64. The molecule has 0 fully saturated rings. The molecule has 8 heteroatoms. The van der Waals surface area contributed by atoms with Crippen molar-refractivity contribution in [3.8, 4) is 6.07 Å². The molecule has 0 radical (unpaired) electrons. The Kier molecular flexibility index (Phi) is 3.44. The molecule has 0 saturated carbocycles. The molecular weight excluding hydrogens is 318 g/mol. The van der Waals surface area contributed by atoms with Gasteiger partial charge in [-0.25, -0.2) is 0 Å². The number of pyridine rings is 1. The summed E-state index contributed by atoms with van der Waals surface area (Å²) >= 11 is 0. The molecule has 3 N–H and O–H groups in total. The third kappa shape index (κ3) is 2.49. The summed E-state index contributed by atoms with van der Waals surface area (Å²) in [5.74, 6) is 0.189. The zero-order chi connectivity index (χ0) is 17.2. The predicted octanol–water partition coefficient (Wildman–Crippen LogP) is 2.17. The van der Waals surface area contributed by atoms with Crippen molar-refractivity contribution in [2.45, 2.75) is 0 Å². The molecule has 4 aromatic rings. The van der Waals surface area contributed by atoms with E-state index in [4.69, 9.17) is 0 Å². The molecule has 0 unspecified atom stereocenters. The van der Waals surface area contributed by atoms with Gasteiger partial charge in [-0.15, -0.1) is 10.2 Å². The van der Waals surface area contributed by atoms with E-state index < -0.39 is 0 Å². The standard InChI is InChI=1S/C17H11N7O/c18-8-10(17-21-23-24-22-17)9-19-14-7-3-5-12-15(14)20-13-6-2-1-4-11(13)16(12)25/h1-7,9,19H,(H,20,25)(H,21,22,23,24). The van der Waals surface area contributed by atoms with Gasteiger partial charge in [-0.3, -0.25) is 4.79 Å². The summed E-state index contributed by atoms with van der Waals surface area (Å²) in [5, 5.41) is 26.8. The first-order chi connectivity index (χ1) is 12.3. The fourth-order valence-electron chi connectivity index (χ4n) is 2.64. The number of nitriles is 1. The van der Waals surface area contributed by atoms with E-state index in [0.29, 0.717) is 22.0 Å². The van der Waals surface area contributed by atoms with Crippen LogP contribution in [-0.2, 0) is 0 Å². The van der Waals surface area contributed by atoms with E-state index in [1.54, 1.807) is 18.2 Å². The zero-order valence-corrected chi connectivity index (χ0v) is 12.8. The molecule has 120 valence electrons. The molecular formula is C17H11N7O. The van der Waals surface area contributed by atoms with E-state index in [0.717, 1.165) is 5.52 Å². The largest absolute Gasteiger partial charge is 0.359 e. The van der Waals surface area contributed by atoms with Gasteiger partial charge in [-0.05, 0) is 29.5 Å². The van der Waals surface area contributed by atoms with Gasteiger partial charge in [0, 0.05) is 22.5 Å². The van der Waals surface area contributed by atoms with Crippen LogP contribution in [-0.4, -0.2) is 25.6 Å². The summed E-state index contributed by atoms with van der Waals surface area (Å²) in [4.78, 5) is 15.9. The molecule has 4 rings (SSSR count). The highest BCUT2D eigenvalue weighted by atomic mass is 16.1. The van der Waals surface area contributed by atoms with Gasteiger partial charge >= 0.3 is 0 Å². The Labute approximate surface area is 140 Å². The second-order valence-electron chi connectivity index (χ2n) is 5.28. The first-order valence-corrected chi connectivity index (χ1v) is 7.42. The molecule has 2 aromatic carbocycles. The van der Waals surface area contributed by atoms with Gasteiger partial charge in [0.15, 0.2) is 5.43 Å². The number of anilines is 1. The van der Waals surface area contributed by atoms with Crippen LogP contribution in [0.1, 0.15) is 5.82 Å². The number of benzene rings is 2. The maximum atomic E-state index is 12.7. The molecule has 0 aliphatic rings. The molecule has 0 spiro atoms. The van der Waals surface area contributed by atoms with E-state index in [1.165, 1.54) is 6.20 Å². The number of hydrogen-bond acceptors (Lipinski definition) is 6. The van der Waals surface area contributed by atoms with Gasteiger partial charge in [-0.2, -0.15) is 10.5 Å². The number of nitrogens with one attached hydrogen (secondary N) is 3. The lowest BCUT2D eigenvalue weighted by atomic mass is 10.1. The van der Waals surface area contributed by atoms with E-state index in [2.05, 4.69) is 30.9 Å². The number of fused-ring (bicyclic) bond motifs is 2.